The van der Waals surface area contributed by atoms with E-state index in [1.165, 1.54) is 5.56 Å². The van der Waals surface area contributed by atoms with E-state index in [1.807, 2.05) is 35.2 Å². The zero-order valence-corrected chi connectivity index (χ0v) is 23.2. The van der Waals surface area contributed by atoms with E-state index < -0.39 is 5.91 Å². The molecule has 0 bridgehead atoms. The van der Waals surface area contributed by atoms with Crippen LogP contribution in [-0.4, -0.2) is 83.2 Å². The number of anilines is 1. The van der Waals surface area contributed by atoms with Crippen LogP contribution in [0.3, 0.4) is 0 Å². The fourth-order valence-corrected chi connectivity index (χ4v) is 6.63. The lowest BCUT2D eigenvalue weighted by Gasteiger charge is -2.58. The summed E-state index contributed by atoms with van der Waals surface area (Å²) in [6.07, 6.45) is 3.37. The number of methoxy groups -OCH3 is 1. The van der Waals surface area contributed by atoms with Crippen LogP contribution in [0.2, 0.25) is 0 Å². The highest BCUT2D eigenvalue weighted by atomic mass is 16.6. The first-order valence-corrected chi connectivity index (χ1v) is 13.9. The lowest BCUT2D eigenvalue weighted by atomic mass is 9.61. The molecule has 3 aliphatic rings. The molecule has 6 rings (SSSR count). The number of fused-ring (bicyclic) bond motifs is 1. The van der Waals surface area contributed by atoms with Gasteiger partial charge in [-0.05, 0) is 56.5 Å². The molecule has 3 fully saturated rings. The Labute approximate surface area is 234 Å². The Balaban J connectivity index is 0.984. The highest BCUT2D eigenvalue weighted by Gasteiger charge is 2.54. The third kappa shape index (κ3) is 5.03. The highest BCUT2D eigenvalue weighted by Crippen LogP contribution is 2.50. The van der Waals surface area contributed by atoms with Crippen LogP contribution in [0, 0.1) is 5.41 Å². The van der Waals surface area contributed by atoms with Crippen LogP contribution in [0.15, 0.2) is 48.7 Å². The van der Waals surface area contributed by atoms with Crippen molar-refractivity contribution in [3.8, 4) is 5.75 Å². The number of hydrogen-bond acceptors (Lipinski definition) is 8. The van der Waals surface area contributed by atoms with Crippen molar-refractivity contribution in [1.29, 1.82) is 0 Å². The maximum Gasteiger partial charge on any atom is 0.410 e. The molecular formula is C30H36N6O4. The number of rotatable bonds is 6. The summed E-state index contributed by atoms with van der Waals surface area (Å²) in [5.74, 6) is 1.16. The first-order valence-electron chi connectivity index (χ1n) is 13.9. The number of carbonyl (C=O) groups is 2. The number of nitrogens with two attached hydrogens (primary N) is 1. The normalized spacial score (nSPS) is 22.6. The summed E-state index contributed by atoms with van der Waals surface area (Å²) in [5.41, 5.74) is 8.89. The van der Waals surface area contributed by atoms with E-state index in [2.05, 4.69) is 28.6 Å². The average Bonchev–Trinajstić information content (AvgIpc) is 2.89. The molecule has 2 aliphatic heterocycles. The van der Waals surface area contributed by atoms with Crippen LogP contribution in [0.1, 0.15) is 42.6 Å². The molecule has 3 aromatic rings. The predicted molar refractivity (Wildman–Crippen MR) is 151 cm³/mol. The van der Waals surface area contributed by atoms with E-state index in [9.17, 15) is 9.59 Å². The van der Waals surface area contributed by atoms with E-state index >= 15 is 0 Å². The van der Waals surface area contributed by atoms with Gasteiger partial charge in [-0.1, -0.05) is 12.1 Å². The van der Waals surface area contributed by atoms with Crippen LogP contribution in [-0.2, 0) is 11.3 Å². The summed E-state index contributed by atoms with van der Waals surface area (Å²) >= 11 is 0. The van der Waals surface area contributed by atoms with Crippen molar-refractivity contribution in [1.82, 2.24) is 19.8 Å². The van der Waals surface area contributed by atoms with E-state index in [0.29, 0.717) is 18.7 Å². The molecule has 210 valence electrons. The summed E-state index contributed by atoms with van der Waals surface area (Å²) in [6.45, 7) is 8.31. The Morgan fingerprint density at radius 2 is 1.73 bits per heavy atom. The molecule has 1 aromatic heterocycles. The molecule has 2 amide bonds. The largest absolute Gasteiger partial charge is 0.497 e. The van der Waals surface area contributed by atoms with Crippen molar-refractivity contribution in [2.75, 3.05) is 38.2 Å². The van der Waals surface area contributed by atoms with Crippen molar-refractivity contribution in [2.24, 2.45) is 11.1 Å². The number of benzene rings is 2. The van der Waals surface area contributed by atoms with Crippen molar-refractivity contribution < 1.29 is 19.1 Å². The molecule has 10 nitrogen and oxygen atoms in total. The number of piperazine rings is 1. The standard InChI is InChI=1S/C30H36N6O4/c1-19-14-35(27-13-32-26-10-23(39-3)8-9-25(26)33-27)15-20(2)36(19)29(38)40-24-11-30(12-24)17-34(18-30)16-21-4-6-22(7-5-21)28(31)37/h4-10,13,19-20,24H,11-12,14-18H2,1-3H3,(H2,31,37)/t19-,20+. The Kier molecular flexibility index (Phi) is 6.74. The Bertz CT molecular complexity index is 1400. The zero-order valence-electron chi connectivity index (χ0n) is 23.2. The van der Waals surface area contributed by atoms with Gasteiger partial charge < -0.3 is 20.1 Å². The van der Waals surface area contributed by atoms with Gasteiger partial charge in [0.2, 0.25) is 5.91 Å². The smallest absolute Gasteiger partial charge is 0.410 e. The van der Waals surface area contributed by atoms with E-state index in [1.54, 1.807) is 25.4 Å². The van der Waals surface area contributed by atoms with E-state index in [4.69, 9.17) is 20.2 Å². The van der Waals surface area contributed by atoms with Crippen LogP contribution >= 0.6 is 0 Å². The minimum absolute atomic E-state index is 0.0150. The second-order valence-electron chi connectivity index (χ2n) is 11.7. The third-order valence-corrected chi connectivity index (χ3v) is 8.54. The summed E-state index contributed by atoms with van der Waals surface area (Å²) in [5, 5.41) is 0. The predicted octanol–water partition coefficient (Wildman–Crippen LogP) is 3.44. The van der Waals surface area contributed by atoms with Gasteiger partial charge in [0.05, 0.1) is 36.4 Å². The van der Waals surface area contributed by atoms with Crippen LogP contribution < -0.4 is 15.4 Å². The van der Waals surface area contributed by atoms with Gasteiger partial charge in [-0.2, -0.15) is 0 Å². The molecule has 0 unspecified atom stereocenters. The minimum atomic E-state index is -0.406. The lowest BCUT2D eigenvalue weighted by molar-refractivity contribution is -0.137. The van der Waals surface area contributed by atoms with Gasteiger partial charge in [-0.25, -0.2) is 9.78 Å². The number of aromatic nitrogens is 2. The second-order valence-corrected chi connectivity index (χ2v) is 11.7. The van der Waals surface area contributed by atoms with Crippen molar-refractivity contribution in [3.63, 3.8) is 0 Å². The summed E-state index contributed by atoms with van der Waals surface area (Å²) in [6, 6.07) is 13.1. The first-order chi connectivity index (χ1) is 19.2. The average molecular weight is 545 g/mol. The zero-order chi connectivity index (χ0) is 28.0. The molecule has 1 spiro atoms. The molecule has 1 saturated carbocycles. The van der Waals surface area contributed by atoms with Crippen LogP contribution in [0.5, 0.6) is 5.75 Å². The number of amides is 2. The Morgan fingerprint density at radius 1 is 1.02 bits per heavy atom. The first kappa shape index (κ1) is 26.3. The maximum atomic E-state index is 13.2. The molecule has 1 aliphatic carbocycles. The van der Waals surface area contributed by atoms with Gasteiger partial charge in [0.1, 0.15) is 17.7 Å². The lowest BCUT2D eigenvalue weighted by Crippen LogP contribution is -2.65. The van der Waals surface area contributed by atoms with Gasteiger partial charge in [-0.3, -0.25) is 19.6 Å². The van der Waals surface area contributed by atoms with Gasteiger partial charge in [0, 0.05) is 49.8 Å². The molecule has 40 heavy (non-hydrogen) atoms. The highest BCUT2D eigenvalue weighted by molar-refractivity contribution is 5.92. The second kappa shape index (κ2) is 10.2. The fraction of sp³-hybridized carbons (Fsp3) is 0.467. The van der Waals surface area contributed by atoms with Crippen LogP contribution in [0.25, 0.3) is 11.0 Å². The molecule has 2 aromatic carbocycles. The van der Waals surface area contributed by atoms with E-state index in [0.717, 1.165) is 55.1 Å². The summed E-state index contributed by atoms with van der Waals surface area (Å²) < 4.78 is 11.3. The summed E-state index contributed by atoms with van der Waals surface area (Å²) in [4.78, 5) is 40.3. The number of ether oxygens (including phenoxy) is 2. The minimum Gasteiger partial charge on any atom is -0.497 e. The SMILES string of the molecule is COc1ccc2nc(N3C[C@@H](C)N(C(=O)OC4CC5(C4)CN(Cc4ccc(C(N)=O)cc4)C5)[C@@H](C)C3)cnc2c1. The molecular weight excluding hydrogens is 508 g/mol. The monoisotopic (exact) mass is 544 g/mol. The molecule has 10 heteroatoms. The Hall–Kier alpha value is -3.92. The van der Waals surface area contributed by atoms with Crippen molar-refractivity contribution >= 4 is 28.9 Å². The molecule has 2 atom stereocenters. The number of likely N-dealkylation sites (tertiary alicyclic amines) is 1. The molecule has 2 saturated heterocycles. The van der Waals surface area contributed by atoms with Crippen LogP contribution in [0.4, 0.5) is 10.6 Å². The molecule has 0 radical (unpaired) electrons. The number of hydrogen-bond donors (Lipinski definition) is 1. The topological polar surface area (TPSA) is 114 Å². The fourth-order valence-electron chi connectivity index (χ4n) is 6.63. The Morgan fingerprint density at radius 3 is 2.38 bits per heavy atom. The van der Waals surface area contributed by atoms with Gasteiger partial charge in [0.15, 0.2) is 0 Å². The van der Waals surface area contributed by atoms with Gasteiger partial charge >= 0.3 is 6.09 Å². The molecule has 2 N–H and O–H groups in total. The van der Waals surface area contributed by atoms with E-state index in [-0.39, 0.29) is 29.7 Å². The quantitative estimate of drug-likeness (QED) is 0.502. The molecule has 3 heterocycles. The van der Waals surface area contributed by atoms with Gasteiger partial charge in [0.25, 0.3) is 0 Å². The maximum absolute atomic E-state index is 13.2. The van der Waals surface area contributed by atoms with Crippen molar-refractivity contribution in [2.45, 2.75) is 51.4 Å². The number of nitrogens with zero attached hydrogens (tertiary/aromatic N) is 5. The number of carbonyl (C=O) groups excluding carboxylic acids is 2. The van der Waals surface area contributed by atoms with Gasteiger partial charge in [-0.15, -0.1) is 0 Å². The summed E-state index contributed by atoms with van der Waals surface area (Å²) in [7, 11) is 1.64. The number of primary amides is 1. The third-order valence-electron chi connectivity index (χ3n) is 8.54. The van der Waals surface area contributed by atoms with Crippen molar-refractivity contribution in [3.05, 3.63) is 59.8 Å².